The summed E-state index contributed by atoms with van der Waals surface area (Å²) in [7, 11) is 0. The van der Waals surface area contributed by atoms with Gasteiger partial charge in [-0.1, -0.05) is 0 Å². The maximum atomic E-state index is 13.9. The number of rotatable bonds is 2. The number of nitrogens with one attached hydrogen (secondary N) is 2. The van der Waals surface area contributed by atoms with Crippen LogP contribution in [-0.2, 0) is 13.0 Å². The zero-order chi connectivity index (χ0) is 13.9. The van der Waals surface area contributed by atoms with E-state index in [1.165, 1.54) is 12.4 Å². The van der Waals surface area contributed by atoms with Gasteiger partial charge in [0, 0.05) is 25.1 Å². The van der Waals surface area contributed by atoms with Gasteiger partial charge in [0.2, 0.25) is 0 Å². The summed E-state index contributed by atoms with van der Waals surface area (Å²) < 4.78 is 13.9. The fraction of sp³-hybridized carbons (Fsp3) is 0.214. The second kappa shape index (κ2) is 5.23. The van der Waals surface area contributed by atoms with Crippen LogP contribution in [0.25, 0.3) is 0 Å². The molecule has 1 aliphatic heterocycles. The van der Waals surface area contributed by atoms with Crippen molar-refractivity contribution in [3.05, 3.63) is 47.2 Å². The topological polar surface area (TPSA) is 73.6 Å². The third-order valence-electron chi connectivity index (χ3n) is 3.23. The zero-order valence-electron chi connectivity index (χ0n) is 10.7. The van der Waals surface area contributed by atoms with Gasteiger partial charge in [-0.25, -0.2) is 14.4 Å². The summed E-state index contributed by atoms with van der Waals surface area (Å²) in [5, 5.41) is 15.0. The first-order valence-electron chi connectivity index (χ1n) is 6.28. The summed E-state index contributed by atoms with van der Waals surface area (Å²) in [6, 6.07) is 6.22. The summed E-state index contributed by atoms with van der Waals surface area (Å²) in [6.45, 7) is 1.55. The van der Waals surface area contributed by atoms with Crippen molar-refractivity contribution in [2.24, 2.45) is 0 Å². The fourth-order valence-corrected chi connectivity index (χ4v) is 2.19. The van der Waals surface area contributed by atoms with E-state index in [9.17, 15) is 4.39 Å². The van der Waals surface area contributed by atoms with Gasteiger partial charge < -0.3 is 10.6 Å². The molecule has 0 saturated heterocycles. The molecular formula is C14H12FN5. The van der Waals surface area contributed by atoms with Gasteiger partial charge in [-0.2, -0.15) is 5.26 Å². The number of nitrogens with zero attached hydrogens (tertiary/aromatic N) is 3. The number of halogens is 1. The van der Waals surface area contributed by atoms with E-state index in [1.807, 2.05) is 6.07 Å². The molecule has 0 amide bonds. The Morgan fingerprint density at radius 2 is 2.25 bits per heavy atom. The molecule has 0 atom stereocenters. The van der Waals surface area contributed by atoms with Crippen LogP contribution in [-0.4, -0.2) is 16.5 Å². The van der Waals surface area contributed by atoms with Crippen molar-refractivity contribution in [3.8, 4) is 6.07 Å². The van der Waals surface area contributed by atoms with Crippen LogP contribution in [0.2, 0.25) is 0 Å². The quantitative estimate of drug-likeness (QED) is 0.870. The number of nitriles is 1. The Kier molecular flexibility index (Phi) is 3.27. The molecule has 0 aliphatic carbocycles. The molecule has 6 heteroatoms. The van der Waals surface area contributed by atoms with Crippen LogP contribution >= 0.6 is 0 Å². The Morgan fingerprint density at radius 1 is 1.35 bits per heavy atom. The van der Waals surface area contributed by atoms with E-state index in [2.05, 4.69) is 20.6 Å². The predicted molar refractivity (Wildman–Crippen MR) is 71.8 cm³/mol. The van der Waals surface area contributed by atoms with Crippen LogP contribution in [0, 0.1) is 17.1 Å². The molecule has 2 heterocycles. The highest BCUT2D eigenvalue weighted by Crippen LogP contribution is 2.24. The van der Waals surface area contributed by atoms with E-state index >= 15 is 0 Å². The first kappa shape index (κ1) is 12.5. The zero-order valence-corrected chi connectivity index (χ0v) is 10.7. The number of hydrogen-bond donors (Lipinski definition) is 2. The van der Waals surface area contributed by atoms with E-state index in [-0.39, 0.29) is 0 Å². The fourth-order valence-electron chi connectivity index (χ4n) is 2.19. The molecule has 0 spiro atoms. The van der Waals surface area contributed by atoms with Crippen molar-refractivity contribution >= 4 is 11.5 Å². The Hall–Kier alpha value is -2.52. The average Bonchev–Trinajstić information content (AvgIpc) is 2.49. The SMILES string of the molecule is N#Cc1ccc(Nc2ncnc3c2CNCC3)c(F)c1. The van der Waals surface area contributed by atoms with Gasteiger partial charge >= 0.3 is 0 Å². The molecule has 0 fully saturated rings. The lowest BCUT2D eigenvalue weighted by molar-refractivity contribution is 0.624. The third kappa shape index (κ3) is 2.31. The maximum absolute atomic E-state index is 13.9. The third-order valence-corrected chi connectivity index (χ3v) is 3.23. The second-order valence-corrected chi connectivity index (χ2v) is 4.51. The molecule has 0 bridgehead atoms. The molecule has 1 aromatic carbocycles. The van der Waals surface area contributed by atoms with Gasteiger partial charge in [-0.05, 0) is 18.2 Å². The Morgan fingerprint density at radius 3 is 3.05 bits per heavy atom. The van der Waals surface area contributed by atoms with Gasteiger partial charge in [0.1, 0.15) is 18.0 Å². The minimum absolute atomic E-state index is 0.291. The van der Waals surface area contributed by atoms with Crippen LogP contribution in [0.15, 0.2) is 24.5 Å². The molecule has 0 unspecified atom stereocenters. The van der Waals surface area contributed by atoms with Crippen LogP contribution in [0.3, 0.4) is 0 Å². The van der Waals surface area contributed by atoms with Crippen molar-refractivity contribution in [1.29, 1.82) is 5.26 Å². The molecule has 0 radical (unpaired) electrons. The van der Waals surface area contributed by atoms with E-state index in [0.717, 1.165) is 24.2 Å². The standard InChI is InChI=1S/C14H12FN5/c15-11-5-9(6-16)1-2-13(11)20-14-10-7-17-4-3-12(10)18-8-19-14/h1-2,5,8,17H,3-4,7H2,(H,18,19,20). The van der Waals surface area contributed by atoms with Crippen molar-refractivity contribution in [1.82, 2.24) is 15.3 Å². The summed E-state index contributed by atoms with van der Waals surface area (Å²) in [6.07, 6.45) is 2.32. The van der Waals surface area contributed by atoms with Crippen LogP contribution < -0.4 is 10.6 Å². The van der Waals surface area contributed by atoms with E-state index in [4.69, 9.17) is 5.26 Å². The van der Waals surface area contributed by atoms with E-state index in [1.54, 1.807) is 12.1 Å². The first-order chi connectivity index (χ1) is 9.78. The van der Waals surface area contributed by atoms with Gasteiger partial charge in [0.05, 0.1) is 23.0 Å². The first-order valence-corrected chi connectivity index (χ1v) is 6.28. The summed E-state index contributed by atoms with van der Waals surface area (Å²) in [5.41, 5.74) is 2.53. The highest BCUT2D eigenvalue weighted by Gasteiger charge is 2.16. The monoisotopic (exact) mass is 269 g/mol. The molecule has 2 N–H and O–H groups in total. The van der Waals surface area contributed by atoms with Crippen molar-refractivity contribution in [3.63, 3.8) is 0 Å². The highest BCUT2D eigenvalue weighted by molar-refractivity contribution is 5.61. The van der Waals surface area contributed by atoms with Crippen LogP contribution in [0.4, 0.5) is 15.9 Å². The molecule has 3 rings (SSSR count). The minimum Gasteiger partial charge on any atom is -0.337 e. The lowest BCUT2D eigenvalue weighted by atomic mass is 10.1. The normalized spacial score (nSPS) is 13.4. The summed E-state index contributed by atoms with van der Waals surface area (Å²) in [5.74, 6) is 0.131. The predicted octanol–water partition coefficient (Wildman–Crippen LogP) is 1.88. The Bertz CT molecular complexity index is 692. The molecule has 0 saturated carbocycles. The summed E-state index contributed by atoms with van der Waals surface area (Å²) >= 11 is 0. The molecular weight excluding hydrogens is 257 g/mol. The number of benzene rings is 1. The van der Waals surface area contributed by atoms with Gasteiger partial charge in [-0.3, -0.25) is 0 Å². The molecule has 1 aromatic heterocycles. The maximum Gasteiger partial charge on any atom is 0.147 e. The summed E-state index contributed by atoms with van der Waals surface area (Å²) in [4.78, 5) is 8.42. The Balaban J connectivity index is 1.94. The van der Waals surface area contributed by atoms with E-state index < -0.39 is 5.82 Å². The number of anilines is 2. The minimum atomic E-state index is -0.472. The molecule has 5 nitrogen and oxygen atoms in total. The van der Waals surface area contributed by atoms with Crippen molar-refractivity contribution < 1.29 is 4.39 Å². The smallest absolute Gasteiger partial charge is 0.147 e. The number of hydrogen-bond acceptors (Lipinski definition) is 5. The Labute approximate surface area is 115 Å². The highest BCUT2D eigenvalue weighted by atomic mass is 19.1. The lowest BCUT2D eigenvalue weighted by Crippen LogP contribution is -2.25. The van der Waals surface area contributed by atoms with Crippen molar-refractivity contribution in [2.75, 3.05) is 11.9 Å². The van der Waals surface area contributed by atoms with Gasteiger partial charge in [0.25, 0.3) is 0 Å². The lowest BCUT2D eigenvalue weighted by Gasteiger charge is -2.19. The molecule has 100 valence electrons. The molecule has 1 aliphatic rings. The molecule has 20 heavy (non-hydrogen) atoms. The second-order valence-electron chi connectivity index (χ2n) is 4.51. The van der Waals surface area contributed by atoms with Crippen LogP contribution in [0.5, 0.6) is 0 Å². The largest absolute Gasteiger partial charge is 0.337 e. The van der Waals surface area contributed by atoms with Gasteiger partial charge in [-0.15, -0.1) is 0 Å². The molecule has 2 aromatic rings. The number of fused-ring (bicyclic) bond motifs is 1. The average molecular weight is 269 g/mol. The van der Waals surface area contributed by atoms with Crippen LogP contribution in [0.1, 0.15) is 16.8 Å². The number of aromatic nitrogens is 2. The van der Waals surface area contributed by atoms with Gasteiger partial charge in [0.15, 0.2) is 0 Å². The van der Waals surface area contributed by atoms with Crippen molar-refractivity contribution in [2.45, 2.75) is 13.0 Å². The van der Waals surface area contributed by atoms with E-state index in [0.29, 0.717) is 23.6 Å².